The summed E-state index contributed by atoms with van der Waals surface area (Å²) in [5.41, 5.74) is 5.04. The number of benzene rings is 4. The van der Waals surface area contributed by atoms with Gasteiger partial charge < -0.3 is 9.47 Å². The number of fused-ring (bicyclic) bond motifs is 1. The second kappa shape index (κ2) is 10.1. The summed E-state index contributed by atoms with van der Waals surface area (Å²) < 4.78 is 2.22. The molecule has 0 saturated heterocycles. The Labute approximate surface area is 214 Å². The maximum atomic E-state index is 6.65. The summed E-state index contributed by atoms with van der Waals surface area (Å²) >= 11 is 19.7. The third kappa shape index (κ3) is 4.92. The lowest BCUT2D eigenvalue weighted by Gasteiger charge is -2.27. The first kappa shape index (κ1) is 22.8. The van der Waals surface area contributed by atoms with Crippen LogP contribution in [0.4, 0.5) is 5.69 Å². The highest BCUT2D eigenvalue weighted by Crippen LogP contribution is 2.36. The lowest BCUT2D eigenvalue weighted by Crippen LogP contribution is -2.25. The second-order valence-corrected chi connectivity index (χ2v) is 9.40. The molecule has 0 bridgehead atoms. The van der Waals surface area contributed by atoms with E-state index in [9.17, 15) is 0 Å². The molecular formula is C28H22Cl3N3. The molecule has 170 valence electrons. The normalized spacial score (nSPS) is 11.1. The molecule has 0 aliphatic heterocycles. The third-order valence-corrected chi connectivity index (χ3v) is 6.62. The standard InChI is InChI=1S/C28H22Cl3N3/c29-22-14-15-25-26(16-22)34(18-21-10-5-2-6-11-21)27(32-25)19-33(17-20-8-3-1-4-9-20)28-23(30)12-7-13-24(28)31/h1-16H,17-19H2. The van der Waals surface area contributed by atoms with Crippen LogP contribution in [0, 0.1) is 0 Å². The molecule has 0 aliphatic carbocycles. The number of anilines is 1. The summed E-state index contributed by atoms with van der Waals surface area (Å²) in [5.74, 6) is 0.910. The van der Waals surface area contributed by atoms with Gasteiger partial charge in [0.1, 0.15) is 5.82 Å². The van der Waals surface area contributed by atoms with E-state index in [0.29, 0.717) is 34.7 Å². The van der Waals surface area contributed by atoms with Gasteiger partial charge in [0.05, 0.1) is 33.3 Å². The number of para-hydroxylation sites is 1. The highest BCUT2D eigenvalue weighted by Gasteiger charge is 2.20. The van der Waals surface area contributed by atoms with Crippen molar-refractivity contribution in [3.8, 4) is 0 Å². The minimum atomic E-state index is 0.525. The van der Waals surface area contributed by atoms with Crippen LogP contribution in [0.2, 0.25) is 15.1 Å². The van der Waals surface area contributed by atoms with E-state index >= 15 is 0 Å². The lowest BCUT2D eigenvalue weighted by molar-refractivity contribution is 0.692. The molecule has 0 unspecified atom stereocenters. The van der Waals surface area contributed by atoms with Crippen LogP contribution in [0.5, 0.6) is 0 Å². The van der Waals surface area contributed by atoms with Gasteiger partial charge in [0.15, 0.2) is 0 Å². The first-order chi connectivity index (χ1) is 16.6. The van der Waals surface area contributed by atoms with Gasteiger partial charge in [0.2, 0.25) is 0 Å². The molecule has 5 aromatic rings. The predicted molar refractivity (Wildman–Crippen MR) is 143 cm³/mol. The van der Waals surface area contributed by atoms with Crippen LogP contribution in [0.25, 0.3) is 11.0 Å². The van der Waals surface area contributed by atoms with Crippen LogP contribution >= 0.6 is 34.8 Å². The van der Waals surface area contributed by atoms with Gasteiger partial charge in [-0.1, -0.05) is 102 Å². The summed E-state index contributed by atoms with van der Waals surface area (Å²) in [6.07, 6.45) is 0. The Balaban J connectivity index is 1.61. The fourth-order valence-corrected chi connectivity index (χ4v) is 4.99. The Bertz CT molecular complexity index is 1400. The van der Waals surface area contributed by atoms with Gasteiger partial charge in [-0.15, -0.1) is 0 Å². The quantitative estimate of drug-likeness (QED) is 0.221. The van der Waals surface area contributed by atoms with Gasteiger partial charge in [-0.05, 0) is 41.5 Å². The Hall–Kier alpha value is -2.98. The third-order valence-electron chi connectivity index (χ3n) is 5.78. The van der Waals surface area contributed by atoms with Gasteiger partial charge in [0, 0.05) is 18.1 Å². The van der Waals surface area contributed by atoms with Crippen molar-refractivity contribution in [2.24, 2.45) is 0 Å². The molecule has 1 heterocycles. The summed E-state index contributed by atoms with van der Waals surface area (Å²) in [6, 6.07) is 32.1. The highest BCUT2D eigenvalue weighted by atomic mass is 35.5. The minimum absolute atomic E-state index is 0.525. The Morgan fingerprint density at radius 2 is 1.32 bits per heavy atom. The van der Waals surface area contributed by atoms with Crippen LogP contribution in [0.1, 0.15) is 17.0 Å². The van der Waals surface area contributed by atoms with Crippen molar-refractivity contribution < 1.29 is 0 Å². The Morgan fingerprint density at radius 3 is 2.00 bits per heavy atom. The molecule has 0 radical (unpaired) electrons. The van der Waals surface area contributed by atoms with Crippen LogP contribution in [0.15, 0.2) is 97.1 Å². The lowest BCUT2D eigenvalue weighted by atomic mass is 10.2. The first-order valence-electron chi connectivity index (χ1n) is 11.0. The molecule has 6 heteroatoms. The maximum Gasteiger partial charge on any atom is 0.129 e. The Morgan fingerprint density at radius 1 is 0.676 bits per heavy atom. The zero-order valence-corrected chi connectivity index (χ0v) is 20.6. The number of imidazole rings is 1. The van der Waals surface area contributed by atoms with E-state index in [0.717, 1.165) is 28.1 Å². The second-order valence-electron chi connectivity index (χ2n) is 8.14. The van der Waals surface area contributed by atoms with Crippen LogP contribution < -0.4 is 4.90 Å². The zero-order chi connectivity index (χ0) is 23.5. The molecule has 0 N–H and O–H groups in total. The van der Waals surface area contributed by atoms with Gasteiger partial charge in [-0.25, -0.2) is 4.98 Å². The van der Waals surface area contributed by atoms with Crippen molar-refractivity contribution in [3.05, 3.63) is 129 Å². The van der Waals surface area contributed by atoms with Gasteiger partial charge in [0.25, 0.3) is 0 Å². The smallest absolute Gasteiger partial charge is 0.129 e. The fraction of sp³-hybridized carbons (Fsp3) is 0.107. The molecular weight excluding hydrogens is 485 g/mol. The van der Waals surface area contributed by atoms with Crippen molar-refractivity contribution in [2.45, 2.75) is 19.6 Å². The van der Waals surface area contributed by atoms with Gasteiger partial charge in [-0.3, -0.25) is 0 Å². The molecule has 1 aromatic heterocycles. The van der Waals surface area contributed by atoms with Crippen LogP contribution in [-0.4, -0.2) is 9.55 Å². The predicted octanol–water partition coefficient (Wildman–Crippen LogP) is 8.25. The molecule has 0 atom stereocenters. The van der Waals surface area contributed by atoms with E-state index in [-0.39, 0.29) is 0 Å². The van der Waals surface area contributed by atoms with Crippen molar-refractivity contribution in [1.29, 1.82) is 0 Å². The van der Waals surface area contributed by atoms with E-state index in [1.165, 1.54) is 5.56 Å². The van der Waals surface area contributed by atoms with Gasteiger partial charge in [-0.2, -0.15) is 0 Å². The molecule has 3 nitrogen and oxygen atoms in total. The number of aromatic nitrogens is 2. The molecule has 0 aliphatic rings. The average Bonchev–Trinajstić information content (AvgIpc) is 3.16. The van der Waals surface area contributed by atoms with E-state index in [1.807, 2.05) is 72.8 Å². The zero-order valence-electron chi connectivity index (χ0n) is 18.3. The van der Waals surface area contributed by atoms with Crippen molar-refractivity contribution >= 4 is 51.5 Å². The largest absolute Gasteiger partial charge is 0.357 e. The number of nitrogens with zero attached hydrogens (tertiary/aromatic N) is 3. The molecule has 0 amide bonds. The SMILES string of the molecule is Clc1ccc2nc(CN(Cc3ccccc3)c3c(Cl)cccc3Cl)n(Cc3ccccc3)c2c1. The summed E-state index contributed by atoms with van der Waals surface area (Å²) in [6.45, 7) is 1.85. The van der Waals surface area contributed by atoms with E-state index in [2.05, 4.69) is 33.7 Å². The molecule has 0 spiro atoms. The summed E-state index contributed by atoms with van der Waals surface area (Å²) in [7, 11) is 0. The highest BCUT2D eigenvalue weighted by molar-refractivity contribution is 6.39. The monoisotopic (exact) mass is 505 g/mol. The molecule has 0 saturated carbocycles. The summed E-state index contributed by atoms with van der Waals surface area (Å²) in [4.78, 5) is 7.18. The van der Waals surface area contributed by atoms with Crippen molar-refractivity contribution in [2.75, 3.05) is 4.90 Å². The first-order valence-corrected chi connectivity index (χ1v) is 12.1. The van der Waals surface area contributed by atoms with Gasteiger partial charge >= 0.3 is 0 Å². The van der Waals surface area contributed by atoms with Crippen molar-refractivity contribution in [1.82, 2.24) is 9.55 Å². The topological polar surface area (TPSA) is 21.1 Å². The summed E-state index contributed by atoms with van der Waals surface area (Å²) in [5, 5.41) is 1.90. The fourth-order valence-electron chi connectivity index (χ4n) is 4.19. The Kier molecular flexibility index (Phi) is 6.77. The number of rotatable bonds is 7. The van der Waals surface area contributed by atoms with E-state index in [4.69, 9.17) is 39.8 Å². The van der Waals surface area contributed by atoms with E-state index < -0.39 is 0 Å². The minimum Gasteiger partial charge on any atom is -0.357 e. The van der Waals surface area contributed by atoms with Crippen LogP contribution in [-0.2, 0) is 19.6 Å². The molecule has 34 heavy (non-hydrogen) atoms. The van der Waals surface area contributed by atoms with Crippen molar-refractivity contribution in [3.63, 3.8) is 0 Å². The number of hydrogen-bond acceptors (Lipinski definition) is 2. The molecule has 5 rings (SSSR count). The van der Waals surface area contributed by atoms with Crippen LogP contribution in [0.3, 0.4) is 0 Å². The maximum absolute atomic E-state index is 6.65. The number of halogens is 3. The number of hydrogen-bond donors (Lipinski definition) is 0. The molecule has 4 aromatic carbocycles. The average molecular weight is 507 g/mol. The molecule has 0 fully saturated rings. The van der Waals surface area contributed by atoms with E-state index in [1.54, 1.807) is 0 Å².